The molecule has 0 radical (unpaired) electrons. The molecule has 0 saturated carbocycles. The molecule has 2 aromatic rings. The largest absolute Gasteiger partial charge is 0.395 e. The van der Waals surface area contributed by atoms with Gasteiger partial charge in [-0.1, -0.05) is 11.3 Å². The highest BCUT2D eigenvalue weighted by atomic mass is 16.3. The van der Waals surface area contributed by atoms with Crippen molar-refractivity contribution in [2.24, 2.45) is 5.92 Å². The van der Waals surface area contributed by atoms with Crippen molar-refractivity contribution in [3.05, 3.63) is 42.0 Å². The average molecular weight is 299 g/mol. The van der Waals surface area contributed by atoms with Crippen LogP contribution in [-0.2, 0) is 6.54 Å². The van der Waals surface area contributed by atoms with Gasteiger partial charge in [-0.2, -0.15) is 0 Å². The lowest BCUT2D eigenvalue weighted by molar-refractivity contribution is 0.00184. The highest BCUT2D eigenvalue weighted by Gasteiger charge is 2.41. The smallest absolute Gasteiger partial charge is 0.0873 e. The minimum absolute atomic E-state index is 0.275. The minimum atomic E-state index is 0.275. The SMILES string of the molecule is OCC1CC2CCN1CC2c1cn(Cc2cccnc2)nn1. The first-order valence-electron chi connectivity index (χ1n) is 7.97. The van der Waals surface area contributed by atoms with Crippen LogP contribution in [0.1, 0.15) is 30.0 Å². The fourth-order valence-electron chi connectivity index (χ4n) is 3.90. The summed E-state index contributed by atoms with van der Waals surface area (Å²) >= 11 is 0. The van der Waals surface area contributed by atoms with Crippen molar-refractivity contribution in [2.45, 2.75) is 31.3 Å². The van der Waals surface area contributed by atoms with Gasteiger partial charge in [-0.3, -0.25) is 9.88 Å². The van der Waals surface area contributed by atoms with E-state index in [1.165, 1.54) is 6.42 Å². The molecule has 3 aliphatic heterocycles. The summed E-state index contributed by atoms with van der Waals surface area (Å²) in [7, 11) is 0. The van der Waals surface area contributed by atoms with Gasteiger partial charge in [0.05, 0.1) is 18.8 Å². The van der Waals surface area contributed by atoms with Gasteiger partial charge in [0.15, 0.2) is 0 Å². The van der Waals surface area contributed by atoms with E-state index in [0.717, 1.165) is 30.8 Å². The van der Waals surface area contributed by atoms with Crippen molar-refractivity contribution < 1.29 is 5.11 Å². The molecule has 6 heteroatoms. The van der Waals surface area contributed by atoms with E-state index in [1.54, 1.807) is 6.20 Å². The van der Waals surface area contributed by atoms with Gasteiger partial charge in [0.2, 0.25) is 0 Å². The Kier molecular flexibility index (Phi) is 3.63. The molecular formula is C16H21N5O. The van der Waals surface area contributed by atoms with Crippen molar-refractivity contribution in [1.82, 2.24) is 24.9 Å². The quantitative estimate of drug-likeness (QED) is 0.908. The summed E-state index contributed by atoms with van der Waals surface area (Å²) in [5, 5.41) is 18.1. The van der Waals surface area contributed by atoms with Crippen molar-refractivity contribution in [3.8, 4) is 0 Å². The first kappa shape index (κ1) is 13.8. The molecule has 5 heterocycles. The molecule has 3 saturated heterocycles. The Labute approximate surface area is 129 Å². The van der Waals surface area contributed by atoms with Crippen LogP contribution >= 0.6 is 0 Å². The Hall–Kier alpha value is -1.79. The van der Waals surface area contributed by atoms with Crippen LogP contribution < -0.4 is 0 Å². The van der Waals surface area contributed by atoms with Gasteiger partial charge in [-0.15, -0.1) is 5.10 Å². The van der Waals surface area contributed by atoms with Crippen LogP contribution in [0.4, 0.5) is 0 Å². The lowest BCUT2D eigenvalue weighted by Gasteiger charge is -2.48. The van der Waals surface area contributed by atoms with Crippen LogP contribution in [-0.4, -0.2) is 55.7 Å². The number of nitrogens with zero attached hydrogens (tertiary/aromatic N) is 5. The zero-order valence-electron chi connectivity index (χ0n) is 12.5. The van der Waals surface area contributed by atoms with Gasteiger partial charge >= 0.3 is 0 Å². The van der Waals surface area contributed by atoms with E-state index in [9.17, 15) is 5.11 Å². The lowest BCUT2D eigenvalue weighted by atomic mass is 9.74. The predicted molar refractivity (Wildman–Crippen MR) is 81.3 cm³/mol. The molecule has 0 aromatic carbocycles. The topological polar surface area (TPSA) is 67.1 Å². The van der Waals surface area contributed by atoms with Gasteiger partial charge in [0.1, 0.15) is 0 Å². The third-order valence-corrected chi connectivity index (χ3v) is 5.09. The van der Waals surface area contributed by atoms with Crippen molar-refractivity contribution in [1.29, 1.82) is 0 Å². The molecule has 22 heavy (non-hydrogen) atoms. The second-order valence-corrected chi connectivity index (χ2v) is 6.42. The fourth-order valence-corrected chi connectivity index (χ4v) is 3.90. The Morgan fingerprint density at radius 3 is 3.05 bits per heavy atom. The van der Waals surface area contributed by atoms with Gasteiger partial charge in [0.25, 0.3) is 0 Å². The Morgan fingerprint density at radius 2 is 2.32 bits per heavy atom. The molecule has 0 amide bonds. The molecule has 0 spiro atoms. The number of pyridine rings is 1. The van der Waals surface area contributed by atoms with E-state index in [-0.39, 0.29) is 6.61 Å². The van der Waals surface area contributed by atoms with E-state index in [1.807, 2.05) is 16.9 Å². The van der Waals surface area contributed by atoms with E-state index < -0.39 is 0 Å². The number of hydrogen-bond donors (Lipinski definition) is 1. The Bertz CT molecular complexity index is 628. The summed E-state index contributed by atoms with van der Waals surface area (Å²) in [5.74, 6) is 1.09. The third kappa shape index (κ3) is 2.53. The number of aliphatic hydroxyl groups is 1. The zero-order chi connectivity index (χ0) is 14.9. The monoisotopic (exact) mass is 299 g/mol. The second-order valence-electron chi connectivity index (χ2n) is 6.42. The number of piperidine rings is 3. The summed E-state index contributed by atoms with van der Waals surface area (Å²) in [6.45, 7) is 3.09. The van der Waals surface area contributed by atoms with E-state index >= 15 is 0 Å². The summed E-state index contributed by atoms with van der Waals surface area (Å²) in [4.78, 5) is 6.54. The number of rotatable bonds is 4. The molecule has 2 bridgehead atoms. The Morgan fingerprint density at radius 1 is 1.36 bits per heavy atom. The molecule has 116 valence electrons. The second kappa shape index (κ2) is 5.78. The normalized spacial score (nSPS) is 30.6. The van der Waals surface area contributed by atoms with Crippen LogP contribution in [0, 0.1) is 5.92 Å². The fraction of sp³-hybridized carbons (Fsp3) is 0.562. The molecule has 1 N–H and O–H groups in total. The average Bonchev–Trinajstić information content (AvgIpc) is 3.04. The van der Waals surface area contributed by atoms with Crippen LogP contribution in [0.25, 0.3) is 0 Å². The number of aliphatic hydroxyl groups excluding tert-OH is 1. The lowest BCUT2D eigenvalue weighted by Crippen LogP contribution is -2.53. The summed E-state index contributed by atoms with van der Waals surface area (Å²) in [6.07, 6.45) is 8.00. The molecule has 3 aliphatic rings. The number of fused-ring (bicyclic) bond motifs is 3. The van der Waals surface area contributed by atoms with Crippen LogP contribution in [0.2, 0.25) is 0 Å². The maximum absolute atomic E-state index is 9.46. The maximum atomic E-state index is 9.46. The summed E-state index contributed by atoms with van der Waals surface area (Å²) in [6, 6.07) is 4.34. The van der Waals surface area contributed by atoms with Crippen LogP contribution in [0.15, 0.2) is 30.7 Å². The highest BCUT2D eigenvalue weighted by molar-refractivity contribution is 5.13. The molecule has 6 nitrogen and oxygen atoms in total. The summed E-state index contributed by atoms with van der Waals surface area (Å²) in [5.41, 5.74) is 2.23. The number of hydrogen-bond acceptors (Lipinski definition) is 5. The maximum Gasteiger partial charge on any atom is 0.0873 e. The molecule has 4 unspecified atom stereocenters. The van der Waals surface area contributed by atoms with Crippen molar-refractivity contribution in [3.63, 3.8) is 0 Å². The molecule has 0 aliphatic carbocycles. The van der Waals surface area contributed by atoms with Crippen molar-refractivity contribution >= 4 is 0 Å². The van der Waals surface area contributed by atoms with E-state index in [2.05, 4.69) is 32.5 Å². The standard InChI is InChI=1S/C16H21N5O/c22-11-14-6-13-3-5-20(14)9-15(13)16-10-21(19-18-16)8-12-2-1-4-17-7-12/h1-2,4,7,10,13-15,22H,3,5-6,8-9,11H2. The Balaban J connectivity index is 1.48. The minimum Gasteiger partial charge on any atom is -0.395 e. The number of aromatic nitrogens is 4. The first-order chi connectivity index (χ1) is 10.8. The van der Waals surface area contributed by atoms with Crippen LogP contribution in [0.3, 0.4) is 0 Å². The molecule has 4 atom stereocenters. The molecule has 3 fully saturated rings. The van der Waals surface area contributed by atoms with Gasteiger partial charge in [-0.25, -0.2) is 4.68 Å². The van der Waals surface area contributed by atoms with Crippen LogP contribution in [0.5, 0.6) is 0 Å². The van der Waals surface area contributed by atoms with Gasteiger partial charge < -0.3 is 5.11 Å². The molecule has 2 aromatic heterocycles. The summed E-state index contributed by atoms with van der Waals surface area (Å²) < 4.78 is 1.90. The molecular weight excluding hydrogens is 278 g/mol. The van der Waals surface area contributed by atoms with Crippen molar-refractivity contribution in [2.75, 3.05) is 19.7 Å². The van der Waals surface area contributed by atoms with E-state index in [4.69, 9.17) is 0 Å². The highest BCUT2D eigenvalue weighted by Crippen LogP contribution is 2.40. The molecule has 5 rings (SSSR count). The van der Waals surface area contributed by atoms with Gasteiger partial charge in [0, 0.05) is 37.1 Å². The first-order valence-corrected chi connectivity index (χ1v) is 7.97. The third-order valence-electron chi connectivity index (χ3n) is 5.09. The predicted octanol–water partition coefficient (Wildman–Crippen LogP) is 0.891. The van der Waals surface area contributed by atoms with Gasteiger partial charge in [-0.05, 0) is 36.9 Å². The van der Waals surface area contributed by atoms with E-state index in [0.29, 0.717) is 24.4 Å². The zero-order valence-corrected chi connectivity index (χ0v) is 12.5.